The van der Waals surface area contributed by atoms with Gasteiger partial charge in [-0.2, -0.15) is 0 Å². The molecule has 1 saturated heterocycles. The standard InChI is InChI=1S/C17H25NO2/c1-17(2,3)15-6-4-13(5-7-15)12-18-10-8-14(9-11-18)16(19)20/h4-7,14H,8-12H2,1-3H3,(H,19,20). The first-order valence-corrected chi connectivity index (χ1v) is 7.41. The lowest BCUT2D eigenvalue weighted by atomic mass is 9.86. The molecule has 0 radical (unpaired) electrons. The number of piperidine rings is 1. The number of hydrogen-bond donors (Lipinski definition) is 1. The lowest BCUT2D eigenvalue weighted by molar-refractivity contribution is -0.143. The van der Waals surface area contributed by atoms with Crippen LogP contribution < -0.4 is 0 Å². The first-order valence-electron chi connectivity index (χ1n) is 7.41. The topological polar surface area (TPSA) is 40.5 Å². The molecule has 1 aliphatic heterocycles. The number of nitrogens with zero attached hydrogens (tertiary/aromatic N) is 1. The van der Waals surface area contributed by atoms with Gasteiger partial charge in [-0.05, 0) is 42.5 Å². The predicted molar refractivity (Wildman–Crippen MR) is 80.8 cm³/mol. The second kappa shape index (κ2) is 5.96. The van der Waals surface area contributed by atoms with Gasteiger partial charge in [-0.25, -0.2) is 0 Å². The number of hydrogen-bond acceptors (Lipinski definition) is 2. The van der Waals surface area contributed by atoms with Crippen LogP contribution in [0, 0.1) is 5.92 Å². The summed E-state index contributed by atoms with van der Waals surface area (Å²) in [6.45, 7) is 9.36. The number of carbonyl (C=O) groups is 1. The van der Waals surface area contributed by atoms with E-state index in [-0.39, 0.29) is 11.3 Å². The molecule has 0 aliphatic carbocycles. The molecule has 1 fully saturated rings. The number of carboxylic acids is 1. The average Bonchev–Trinajstić information content (AvgIpc) is 2.39. The van der Waals surface area contributed by atoms with E-state index in [9.17, 15) is 4.79 Å². The lowest BCUT2D eigenvalue weighted by Crippen LogP contribution is -2.35. The zero-order chi connectivity index (χ0) is 14.8. The van der Waals surface area contributed by atoms with Gasteiger partial charge in [0.15, 0.2) is 0 Å². The van der Waals surface area contributed by atoms with E-state index in [2.05, 4.69) is 49.9 Å². The monoisotopic (exact) mass is 275 g/mol. The van der Waals surface area contributed by atoms with Crippen LogP contribution in [-0.2, 0) is 16.8 Å². The fourth-order valence-electron chi connectivity index (χ4n) is 2.71. The molecule has 0 atom stereocenters. The molecule has 0 spiro atoms. The van der Waals surface area contributed by atoms with Gasteiger partial charge in [0.05, 0.1) is 5.92 Å². The van der Waals surface area contributed by atoms with Crippen LogP contribution in [0.1, 0.15) is 44.7 Å². The van der Waals surface area contributed by atoms with Crippen LogP contribution in [0.2, 0.25) is 0 Å². The molecular weight excluding hydrogens is 250 g/mol. The quantitative estimate of drug-likeness (QED) is 0.920. The van der Waals surface area contributed by atoms with Gasteiger partial charge in [-0.15, -0.1) is 0 Å². The molecule has 2 rings (SSSR count). The van der Waals surface area contributed by atoms with Gasteiger partial charge in [-0.1, -0.05) is 45.0 Å². The molecule has 1 aromatic carbocycles. The van der Waals surface area contributed by atoms with E-state index in [0.29, 0.717) is 0 Å². The molecule has 0 unspecified atom stereocenters. The first-order chi connectivity index (χ1) is 9.36. The van der Waals surface area contributed by atoms with Crippen molar-refractivity contribution in [2.75, 3.05) is 13.1 Å². The molecule has 1 aromatic rings. The third kappa shape index (κ3) is 3.83. The first kappa shape index (κ1) is 15.0. The van der Waals surface area contributed by atoms with Crippen molar-refractivity contribution in [1.82, 2.24) is 4.90 Å². The van der Waals surface area contributed by atoms with Crippen LogP contribution in [0.5, 0.6) is 0 Å². The average molecular weight is 275 g/mol. The van der Waals surface area contributed by atoms with Crippen molar-refractivity contribution in [2.45, 2.75) is 45.6 Å². The van der Waals surface area contributed by atoms with Crippen molar-refractivity contribution < 1.29 is 9.90 Å². The van der Waals surface area contributed by atoms with Crippen molar-refractivity contribution in [1.29, 1.82) is 0 Å². The second-order valence-electron chi connectivity index (χ2n) is 6.84. The summed E-state index contributed by atoms with van der Waals surface area (Å²) in [5.41, 5.74) is 2.86. The highest BCUT2D eigenvalue weighted by atomic mass is 16.4. The summed E-state index contributed by atoms with van der Waals surface area (Å²) in [4.78, 5) is 13.3. The number of carboxylic acid groups (broad SMARTS) is 1. The highest BCUT2D eigenvalue weighted by molar-refractivity contribution is 5.70. The minimum absolute atomic E-state index is 0.144. The smallest absolute Gasteiger partial charge is 0.306 e. The summed E-state index contributed by atoms with van der Waals surface area (Å²) in [5, 5.41) is 9.00. The summed E-state index contributed by atoms with van der Waals surface area (Å²) in [6, 6.07) is 8.81. The van der Waals surface area contributed by atoms with Crippen molar-refractivity contribution in [3.05, 3.63) is 35.4 Å². The molecule has 0 amide bonds. The summed E-state index contributed by atoms with van der Waals surface area (Å²) < 4.78 is 0. The number of benzene rings is 1. The molecular formula is C17H25NO2. The third-order valence-corrected chi connectivity index (χ3v) is 4.16. The molecule has 110 valence electrons. The minimum atomic E-state index is -0.640. The van der Waals surface area contributed by atoms with Crippen molar-refractivity contribution in [3.63, 3.8) is 0 Å². The summed E-state index contributed by atoms with van der Waals surface area (Å²) in [5.74, 6) is -0.784. The Hall–Kier alpha value is -1.35. The van der Waals surface area contributed by atoms with Gasteiger partial charge >= 0.3 is 5.97 Å². The minimum Gasteiger partial charge on any atom is -0.481 e. The molecule has 0 aromatic heterocycles. The van der Waals surface area contributed by atoms with Crippen LogP contribution in [0.4, 0.5) is 0 Å². The molecule has 3 nitrogen and oxygen atoms in total. The van der Waals surface area contributed by atoms with Crippen LogP contribution in [-0.4, -0.2) is 29.1 Å². The molecule has 1 heterocycles. The lowest BCUT2D eigenvalue weighted by Gasteiger charge is -2.30. The van der Waals surface area contributed by atoms with E-state index >= 15 is 0 Å². The Labute approximate surface area is 121 Å². The maximum absolute atomic E-state index is 10.9. The largest absolute Gasteiger partial charge is 0.481 e. The van der Waals surface area contributed by atoms with Crippen molar-refractivity contribution >= 4 is 5.97 Å². The van der Waals surface area contributed by atoms with Gasteiger partial charge < -0.3 is 5.11 Å². The van der Waals surface area contributed by atoms with E-state index < -0.39 is 5.97 Å². The molecule has 3 heteroatoms. The Morgan fingerprint density at radius 3 is 2.20 bits per heavy atom. The maximum Gasteiger partial charge on any atom is 0.306 e. The van der Waals surface area contributed by atoms with Crippen LogP contribution in [0.3, 0.4) is 0 Å². The van der Waals surface area contributed by atoms with E-state index in [0.717, 1.165) is 32.5 Å². The van der Waals surface area contributed by atoms with Gasteiger partial charge in [0.1, 0.15) is 0 Å². The zero-order valence-electron chi connectivity index (χ0n) is 12.7. The summed E-state index contributed by atoms with van der Waals surface area (Å²) >= 11 is 0. The zero-order valence-corrected chi connectivity index (χ0v) is 12.7. The molecule has 1 aliphatic rings. The fraction of sp³-hybridized carbons (Fsp3) is 0.588. The number of rotatable bonds is 3. The molecule has 20 heavy (non-hydrogen) atoms. The molecule has 0 bridgehead atoms. The molecule has 0 saturated carbocycles. The highest BCUT2D eigenvalue weighted by Crippen LogP contribution is 2.23. The second-order valence-corrected chi connectivity index (χ2v) is 6.84. The van der Waals surface area contributed by atoms with Crippen molar-refractivity contribution in [2.24, 2.45) is 5.92 Å². The van der Waals surface area contributed by atoms with Crippen LogP contribution in [0.15, 0.2) is 24.3 Å². The van der Waals surface area contributed by atoms with E-state index in [1.54, 1.807) is 0 Å². The third-order valence-electron chi connectivity index (χ3n) is 4.16. The van der Waals surface area contributed by atoms with E-state index in [1.165, 1.54) is 11.1 Å². The van der Waals surface area contributed by atoms with Crippen molar-refractivity contribution in [3.8, 4) is 0 Å². The van der Waals surface area contributed by atoms with Gasteiger partial charge in [0, 0.05) is 6.54 Å². The maximum atomic E-state index is 10.9. The Bertz CT molecular complexity index is 451. The van der Waals surface area contributed by atoms with Gasteiger partial charge in [-0.3, -0.25) is 9.69 Å². The Morgan fingerprint density at radius 1 is 1.20 bits per heavy atom. The Balaban J connectivity index is 1.90. The summed E-state index contributed by atoms with van der Waals surface area (Å²) in [6.07, 6.45) is 1.55. The van der Waals surface area contributed by atoms with Gasteiger partial charge in [0.25, 0.3) is 0 Å². The predicted octanol–water partition coefficient (Wildman–Crippen LogP) is 3.28. The SMILES string of the molecule is CC(C)(C)c1ccc(CN2CCC(C(=O)O)CC2)cc1. The fourth-order valence-corrected chi connectivity index (χ4v) is 2.71. The van der Waals surface area contributed by atoms with Crippen LogP contribution >= 0.6 is 0 Å². The van der Waals surface area contributed by atoms with E-state index in [4.69, 9.17) is 5.11 Å². The normalized spacial score (nSPS) is 18.1. The van der Waals surface area contributed by atoms with E-state index in [1.807, 2.05) is 0 Å². The number of likely N-dealkylation sites (tertiary alicyclic amines) is 1. The van der Waals surface area contributed by atoms with Crippen LogP contribution in [0.25, 0.3) is 0 Å². The highest BCUT2D eigenvalue weighted by Gasteiger charge is 2.24. The van der Waals surface area contributed by atoms with Gasteiger partial charge in [0.2, 0.25) is 0 Å². The molecule has 1 N–H and O–H groups in total. The number of aliphatic carboxylic acids is 1. The Morgan fingerprint density at radius 2 is 1.75 bits per heavy atom. The Kier molecular flexibility index (Phi) is 4.48. The summed E-state index contributed by atoms with van der Waals surface area (Å²) in [7, 11) is 0.